The Bertz CT molecular complexity index is 574. The first kappa shape index (κ1) is 12.6. The number of aromatic nitrogens is 2. The van der Waals surface area contributed by atoms with Crippen LogP contribution < -0.4 is 11.1 Å². The van der Waals surface area contributed by atoms with Crippen LogP contribution in [-0.4, -0.2) is 14.8 Å². The molecule has 4 nitrogen and oxygen atoms in total. The van der Waals surface area contributed by atoms with Gasteiger partial charge in [0.05, 0.1) is 11.9 Å². The smallest absolute Gasteiger partial charge is 0.106 e. The van der Waals surface area contributed by atoms with Gasteiger partial charge in [-0.1, -0.05) is 18.3 Å². The molecular weight excluding hydrogens is 244 g/mol. The molecule has 0 aliphatic carbocycles. The van der Waals surface area contributed by atoms with Gasteiger partial charge in [0.2, 0.25) is 0 Å². The van der Waals surface area contributed by atoms with E-state index in [0.29, 0.717) is 4.99 Å². The Morgan fingerprint density at radius 2 is 2.28 bits per heavy atom. The fourth-order valence-corrected chi connectivity index (χ4v) is 1.91. The van der Waals surface area contributed by atoms with Crippen LogP contribution in [0, 0.1) is 6.92 Å². The van der Waals surface area contributed by atoms with Crippen LogP contribution in [0.15, 0.2) is 30.6 Å². The molecule has 1 aromatic heterocycles. The second kappa shape index (κ2) is 5.18. The van der Waals surface area contributed by atoms with E-state index in [1.807, 2.05) is 42.9 Å². The maximum atomic E-state index is 5.72. The second-order valence-corrected chi connectivity index (χ2v) is 4.56. The number of nitrogens with one attached hydrogen (secondary N) is 1. The molecule has 0 atom stereocenters. The van der Waals surface area contributed by atoms with Crippen LogP contribution >= 0.6 is 12.2 Å². The molecular formula is C13H16N4S. The molecule has 0 amide bonds. The largest absolute Gasteiger partial charge is 0.389 e. The van der Waals surface area contributed by atoms with E-state index >= 15 is 0 Å². The summed E-state index contributed by atoms with van der Waals surface area (Å²) in [7, 11) is 0. The zero-order valence-corrected chi connectivity index (χ0v) is 11.3. The van der Waals surface area contributed by atoms with E-state index in [9.17, 15) is 0 Å². The minimum absolute atomic E-state index is 0.389. The lowest BCUT2D eigenvalue weighted by Crippen LogP contribution is -2.12. The van der Waals surface area contributed by atoms with Gasteiger partial charge in [0.15, 0.2) is 0 Å². The van der Waals surface area contributed by atoms with Crippen molar-refractivity contribution >= 4 is 28.6 Å². The summed E-state index contributed by atoms with van der Waals surface area (Å²) in [5.41, 5.74) is 9.57. The molecule has 94 valence electrons. The SMILES string of the molecule is CCn1cc(Nc2cc(C)ccc2C(N)=S)cn1. The summed E-state index contributed by atoms with van der Waals surface area (Å²) in [5.74, 6) is 0. The number of rotatable bonds is 4. The summed E-state index contributed by atoms with van der Waals surface area (Å²) >= 11 is 5.05. The van der Waals surface area contributed by atoms with Crippen molar-refractivity contribution in [3.63, 3.8) is 0 Å². The third-order valence-corrected chi connectivity index (χ3v) is 2.90. The van der Waals surface area contributed by atoms with E-state index in [4.69, 9.17) is 18.0 Å². The topological polar surface area (TPSA) is 55.9 Å². The summed E-state index contributed by atoms with van der Waals surface area (Å²) in [6, 6.07) is 5.96. The van der Waals surface area contributed by atoms with Gasteiger partial charge < -0.3 is 11.1 Å². The number of hydrogen-bond acceptors (Lipinski definition) is 3. The number of aryl methyl sites for hydroxylation is 2. The highest BCUT2D eigenvalue weighted by Crippen LogP contribution is 2.22. The van der Waals surface area contributed by atoms with Crippen molar-refractivity contribution in [1.29, 1.82) is 0 Å². The summed E-state index contributed by atoms with van der Waals surface area (Å²) in [4.78, 5) is 0.389. The molecule has 3 N–H and O–H groups in total. The quantitative estimate of drug-likeness (QED) is 0.830. The van der Waals surface area contributed by atoms with Gasteiger partial charge >= 0.3 is 0 Å². The first-order chi connectivity index (χ1) is 8.60. The minimum atomic E-state index is 0.389. The molecule has 0 saturated heterocycles. The van der Waals surface area contributed by atoms with E-state index in [1.54, 1.807) is 6.20 Å². The Kier molecular flexibility index (Phi) is 3.62. The predicted octanol–water partition coefficient (Wildman–Crippen LogP) is 2.59. The molecule has 2 rings (SSSR count). The molecule has 18 heavy (non-hydrogen) atoms. The Hall–Kier alpha value is -1.88. The molecule has 0 spiro atoms. The van der Waals surface area contributed by atoms with Crippen LogP contribution in [0.3, 0.4) is 0 Å². The van der Waals surface area contributed by atoms with Gasteiger partial charge in [-0.05, 0) is 31.5 Å². The second-order valence-electron chi connectivity index (χ2n) is 4.12. The fraction of sp³-hybridized carbons (Fsp3) is 0.231. The lowest BCUT2D eigenvalue weighted by atomic mass is 10.1. The standard InChI is InChI=1S/C13H16N4S/c1-3-17-8-10(7-15-17)16-12-6-9(2)4-5-11(12)13(14)18/h4-8,16H,3H2,1-2H3,(H2,14,18). The lowest BCUT2D eigenvalue weighted by Gasteiger charge is -2.10. The van der Waals surface area contributed by atoms with Crippen LogP contribution in [-0.2, 0) is 6.54 Å². The van der Waals surface area contributed by atoms with Gasteiger partial charge in [-0.15, -0.1) is 0 Å². The fourth-order valence-electron chi connectivity index (χ4n) is 1.73. The lowest BCUT2D eigenvalue weighted by molar-refractivity contribution is 0.660. The highest BCUT2D eigenvalue weighted by molar-refractivity contribution is 7.80. The normalized spacial score (nSPS) is 10.3. The van der Waals surface area contributed by atoms with Crippen molar-refractivity contribution in [3.8, 4) is 0 Å². The molecule has 2 aromatic rings. The van der Waals surface area contributed by atoms with Crippen molar-refractivity contribution in [2.45, 2.75) is 20.4 Å². The van der Waals surface area contributed by atoms with Gasteiger partial charge in [0.1, 0.15) is 4.99 Å². The van der Waals surface area contributed by atoms with Gasteiger partial charge in [-0.25, -0.2) is 0 Å². The van der Waals surface area contributed by atoms with E-state index in [-0.39, 0.29) is 0 Å². The third kappa shape index (κ3) is 2.68. The van der Waals surface area contributed by atoms with Gasteiger partial charge in [0.25, 0.3) is 0 Å². The maximum absolute atomic E-state index is 5.72. The summed E-state index contributed by atoms with van der Waals surface area (Å²) in [5, 5.41) is 7.52. The summed E-state index contributed by atoms with van der Waals surface area (Å²) in [6.45, 7) is 4.92. The number of thiocarbonyl (C=S) groups is 1. The Labute approximate surface area is 112 Å². The van der Waals surface area contributed by atoms with Crippen LogP contribution in [0.1, 0.15) is 18.1 Å². The predicted molar refractivity (Wildman–Crippen MR) is 78.3 cm³/mol. The molecule has 5 heteroatoms. The monoisotopic (exact) mass is 260 g/mol. The van der Waals surface area contributed by atoms with Crippen LogP contribution in [0.25, 0.3) is 0 Å². The number of nitrogens with two attached hydrogens (primary N) is 1. The summed E-state index contributed by atoms with van der Waals surface area (Å²) in [6.07, 6.45) is 3.74. The maximum Gasteiger partial charge on any atom is 0.106 e. The summed E-state index contributed by atoms with van der Waals surface area (Å²) < 4.78 is 1.86. The number of hydrogen-bond donors (Lipinski definition) is 2. The number of nitrogens with zero attached hydrogens (tertiary/aromatic N) is 2. The van der Waals surface area contributed by atoms with E-state index in [2.05, 4.69) is 10.4 Å². The molecule has 0 aliphatic heterocycles. The van der Waals surface area contributed by atoms with Crippen molar-refractivity contribution in [2.75, 3.05) is 5.32 Å². The van der Waals surface area contributed by atoms with Crippen LogP contribution in [0.5, 0.6) is 0 Å². The molecule has 0 radical (unpaired) electrons. The van der Waals surface area contributed by atoms with Crippen molar-refractivity contribution in [2.24, 2.45) is 5.73 Å². The van der Waals surface area contributed by atoms with Crippen molar-refractivity contribution < 1.29 is 0 Å². The van der Waals surface area contributed by atoms with Crippen molar-refractivity contribution in [1.82, 2.24) is 9.78 Å². The first-order valence-electron chi connectivity index (χ1n) is 5.80. The van der Waals surface area contributed by atoms with Crippen LogP contribution in [0.4, 0.5) is 11.4 Å². The molecule has 0 aliphatic rings. The first-order valence-corrected chi connectivity index (χ1v) is 6.21. The highest BCUT2D eigenvalue weighted by Gasteiger charge is 2.06. The molecule has 0 unspecified atom stereocenters. The van der Waals surface area contributed by atoms with Gasteiger partial charge in [0, 0.05) is 24.0 Å². The molecule has 0 saturated carbocycles. The van der Waals surface area contributed by atoms with Gasteiger partial charge in [-0.2, -0.15) is 5.10 Å². The molecule has 1 heterocycles. The number of anilines is 2. The van der Waals surface area contributed by atoms with Gasteiger partial charge in [-0.3, -0.25) is 4.68 Å². The molecule has 1 aromatic carbocycles. The average molecular weight is 260 g/mol. The minimum Gasteiger partial charge on any atom is -0.389 e. The van der Waals surface area contributed by atoms with Crippen molar-refractivity contribution in [3.05, 3.63) is 41.7 Å². The molecule has 0 fully saturated rings. The Morgan fingerprint density at radius 3 is 2.89 bits per heavy atom. The van der Waals surface area contributed by atoms with E-state index in [0.717, 1.165) is 29.0 Å². The zero-order valence-electron chi connectivity index (χ0n) is 10.5. The average Bonchev–Trinajstić information content (AvgIpc) is 2.76. The molecule has 0 bridgehead atoms. The third-order valence-electron chi connectivity index (χ3n) is 2.68. The van der Waals surface area contributed by atoms with E-state index in [1.165, 1.54) is 0 Å². The Balaban J connectivity index is 2.32. The Morgan fingerprint density at radius 1 is 1.50 bits per heavy atom. The van der Waals surface area contributed by atoms with Crippen LogP contribution in [0.2, 0.25) is 0 Å². The zero-order chi connectivity index (χ0) is 13.1. The highest BCUT2D eigenvalue weighted by atomic mass is 32.1. The number of benzene rings is 1. The van der Waals surface area contributed by atoms with E-state index < -0.39 is 0 Å².